The van der Waals surface area contributed by atoms with Crippen LogP contribution in [0.4, 0.5) is 5.69 Å². The van der Waals surface area contributed by atoms with E-state index in [2.05, 4.69) is 9.97 Å². The van der Waals surface area contributed by atoms with E-state index in [9.17, 15) is 0 Å². The number of nitrogens with zero attached hydrogens (tertiary/aromatic N) is 2. The van der Waals surface area contributed by atoms with Crippen molar-refractivity contribution in [3.63, 3.8) is 0 Å². The van der Waals surface area contributed by atoms with Crippen LogP contribution in [0.5, 0.6) is 0 Å². The summed E-state index contributed by atoms with van der Waals surface area (Å²) >= 11 is 1.61. The van der Waals surface area contributed by atoms with Gasteiger partial charge in [0.15, 0.2) is 5.16 Å². The minimum Gasteiger partial charge on any atom is -0.398 e. The molecule has 0 saturated carbocycles. The van der Waals surface area contributed by atoms with Crippen molar-refractivity contribution in [1.29, 1.82) is 0 Å². The zero-order valence-electron chi connectivity index (χ0n) is 9.97. The van der Waals surface area contributed by atoms with Gasteiger partial charge in [-0.3, -0.25) is 0 Å². The maximum atomic E-state index is 5.89. The molecule has 0 bridgehead atoms. The second kappa shape index (κ2) is 5.19. The van der Waals surface area contributed by atoms with Crippen molar-refractivity contribution in [3.05, 3.63) is 47.3 Å². The molecule has 0 aliphatic carbocycles. The average Bonchev–Trinajstić information content (AvgIpc) is 2.27. The van der Waals surface area contributed by atoms with Gasteiger partial charge in [0.05, 0.1) is 0 Å². The third-order valence-corrected chi connectivity index (χ3v) is 3.27. The highest BCUT2D eigenvalue weighted by Gasteiger charge is 2.03. The first-order chi connectivity index (χ1) is 8.15. The predicted molar refractivity (Wildman–Crippen MR) is 71.9 cm³/mol. The molecule has 0 unspecified atom stereocenters. The fourth-order valence-corrected chi connectivity index (χ4v) is 2.53. The molecule has 88 valence electrons. The second-order valence-electron chi connectivity index (χ2n) is 3.92. The van der Waals surface area contributed by atoms with Gasteiger partial charge in [0, 0.05) is 22.8 Å². The van der Waals surface area contributed by atoms with Crippen LogP contribution < -0.4 is 5.73 Å². The third kappa shape index (κ3) is 3.20. The second-order valence-corrected chi connectivity index (χ2v) is 4.86. The molecule has 3 nitrogen and oxygen atoms in total. The lowest BCUT2D eigenvalue weighted by atomic mass is 10.2. The number of hydrogen-bond acceptors (Lipinski definition) is 4. The standard InChI is InChI=1S/C13H15N3S/c1-9-7-10(2)16-13(15-9)17-8-11-5-3-4-6-12(11)14/h3-7H,8,14H2,1-2H3. The molecule has 0 atom stereocenters. The van der Waals surface area contributed by atoms with Crippen LogP contribution in [0.25, 0.3) is 0 Å². The van der Waals surface area contributed by atoms with E-state index in [-0.39, 0.29) is 0 Å². The molecule has 17 heavy (non-hydrogen) atoms. The van der Waals surface area contributed by atoms with Gasteiger partial charge >= 0.3 is 0 Å². The number of thioether (sulfide) groups is 1. The Hall–Kier alpha value is -1.55. The number of para-hydroxylation sites is 1. The summed E-state index contributed by atoms with van der Waals surface area (Å²) in [5.74, 6) is 0.801. The van der Waals surface area contributed by atoms with Crippen LogP contribution in [0, 0.1) is 13.8 Å². The Morgan fingerprint density at radius 2 is 1.76 bits per heavy atom. The van der Waals surface area contributed by atoms with Gasteiger partial charge in [-0.1, -0.05) is 30.0 Å². The number of rotatable bonds is 3. The number of benzene rings is 1. The Morgan fingerprint density at radius 1 is 1.12 bits per heavy atom. The van der Waals surface area contributed by atoms with Crippen LogP contribution in [-0.2, 0) is 5.75 Å². The highest BCUT2D eigenvalue weighted by Crippen LogP contribution is 2.23. The van der Waals surface area contributed by atoms with Gasteiger partial charge in [0.25, 0.3) is 0 Å². The maximum Gasteiger partial charge on any atom is 0.188 e. The number of aryl methyl sites for hydroxylation is 2. The van der Waals surface area contributed by atoms with Gasteiger partial charge in [-0.15, -0.1) is 0 Å². The molecule has 2 aromatic rings. The molecular weight excluding hydrogens is 230 g/mol. The molecule has 0 fully saturated rings. The smallest absolute Gasteiger partial charge is 0.188 e. The molecule has 0 spiro atoms. The van der Waals surface area contributed by atoms with Gasteiger partial charge in [-0.25, -0.2) is 9.97 Å². The lowest BCUT2D eigenvalue weighted by Gasteiger charge is -2.05. The van der Waals surface area contributed by atoms with Crippen molar-refractivity contribution in [3.8, 4) is 0 Å². The van der Waals surface area contributed by atoms with Gasteiger partial charge < -0.3 is 5.73 Å². The fraction of sp³-hybridized carbons (Fsp3) is 0.231. The van der Waals surface area contributed by atoms with Gasteiger partial charge in [-0.2, -0.15) is 0 Å². The highest BCUT2D eigenvalue weighted by molar-refractivity contribution is 7.98. The monoisotopic (exact) mass is 245 g/mol. The van der Waals surface area contributed by atoms with Crippen LogP contribution in [-0.4, -0.2) is 9.97 Å². The van der Waals surface area contributed by atoms with Gasteiger partial charge in [0.2, 0.25) is 0 Å². The first kappa shape index (κ1) is 11.9. The molecule has 1 aromatic heterocycles. The van der Waals surface area contributed by atoms with Gasteiger partial charge in [-0.05, 0) is 31.5 Å². The zero-order valence-corrected chi connectivity index (χ0v) is 10.8. The van der Waals surface area contributed by atoms with Crippen LogP contribution in [0.15, 0.2) is 35.5 Å². The lowest BCUT2D eigenvalue weighted by molar-refractivity contribution is 0.902. The largest absolute Gasteiger partial charge is 0.398 e. The molecule has 1 aromatic carbocycles. The summed E-state index contributed by atoms with van der Waals surface area (Å²) in [6, 6.07) is 9.86. The Bertz CT molecular complexity index is 506. The van der Waals surface area contributed by atoms with Gasteiger partial charge in [0.1, 0.15) is 0 Å². The number of anilines is 1. The fourth-order valence-electron chi connectivity index (χ4n) is 1.57. The first-order valence-electron chi connectivity index (χ1n) is 5.43. The highest BCUT2D eigenvalue weighted by atomic mass is 32.2. The minimum absolute atomic E-state index is 0.801. The summed E-state index contributed by atoms with van der Waals surface area (Å²) in [4.78, 5) is 8.78. The topological polar surface area (TPSA) is 51.8 Å². The molecule has 0 radical (unpaired) electrons. The van der Waals surface area contributed by atoms with Crippen molar-refractivity contribution in [2.24, 2.45) is 0 Å². The van der Waals surface area contributed by atoms with Crippen molar-refractivity contribution in [1.82, 2.24) is 9.97 Å². The Balaban J connectivity index is 2.10. The SMILES string of the molecule is Cc1cc(C)nc(SCc2ccccc2N)n1. The predicted octanol–water partition coefficient (Wildman–Crippen LogP) is 2.97. The van der Waals surface area contributed by atoms with Crippen molar-refractivity contribution >= 4 is 17.4 Å². The zero-order chi connectivity index (χ0) is 12.3. The Kier molecular flexibility index (Phi) is 3.64. The minimum atomic E-state index is 0.801. The number of nitrogen functional groups attached to an aromatic ring is 1. The Labute approximate surface area is 105 Å². The maximum absolute atomic E-state index is 5.89. The summed E-state index contributed by atoms with van der Waals surface area (Å²) in [5.41, 5.74) is 9.84. The molecule has 4 heteroatoms. The normalized spacial score (nSPS) is 10.5. The number of aromatic nitrogens is 2. The van der Waals surface area contributed by atoms with Crippen molar-refractivity contribution in [2.75, 3.05) is 5.73 Å². The summed E-state index contributed by atoms with van der Waals surface area (Å²) in [5, 5.41) is 0.811. The first-order valence-corrected chi connectivity index (χ1v) is 6.42. The molecule has 0 amide bonds. The molecular formula is C13H15N3S. The number of hydrogen-bond donors (Lipinski definition) is 1. The third-order valence-electron chi connectivity index (χ3n) is 2.37. The summed E-state index contributed by atoms with van der Waals surface area (Å²) in [6.07, 6.45) is 0. The van der Waals surface area contributed by atoms with E-state index in [4.69, 9.17) is 5.73 Å². The lowest BCUT2D eigenvalue weighted by Crippen LogP contribution is -1.95. The van der Waals surface area contributed by atoms with E-state index in [0.717, 1.165) is 33.5 Å². The van der Waals surface area contributed by atoms with E-state index in [0.29, 0.717) is 0 Å². The van der Waals surface area contributed by atoms with Crippen LogP contribution in [0.1, 0.15) is 17.0 Å². The van der Waals surface area contributed by atoms with E-state index in [1.807, 2.05) is 44.2 Å². The Morgan fingerprint density at radius 3 is 2.41 bits per heavy atom. The molecule has 0 aliphatic heterocycles. The molecule has 0 saturated heterocycles. The van der Waals surface area contributed by atoms with E-state index in [1.54, 1.807) is 11.8 Å². The van der Waals surface area contributed by atoms with Crippen molar-refractivity contribution < 1.29 is 0 Å². The van der Waals surface area contributed by atoms with Crippen LogP contribution in [0.3, 0.4) is 0 Å². The van der Waals surface area contributed by atoms with Crippen LogP contribution >= 0.6 is 11.8 Å². The molecule has 2 rings (SSSR count). The van der Waals surface area contributed by atoms with Crippen LogP contribution in [0.2, 0.25) is 0 Å². The van der Waals surface area contributed by atoms with E-state index >= 15 is 0 Å². The van der Waals surface area contributed by atoms with E-state index in [1.165, 1.54) is 0 Å². The van der Waals surface area contributed by atoms with Crippen molar-refractivity contribution in [2.45, 2.75) is 24.8 Å². The summed E-state index contributed by atoms with van der Waals surface area (Å²) in [7, 11) is 0. The molecule has 0 aliphatic rings. The van der Waals surface area contributed by atoms with E-state index < -0.39 is 0 Å². The summed E-state index contributed by atoms with van der Waals surface area (Å²) in [6.45, 7) is 3.96. The quantitative estimate of drug-likeness (QED) is 0.513. The average molecular weight is 245 g/mol. The molecule has 1 heterocycles. The number of nitrogens with two attached hydrogens (primary N) is 1. The summed E-state index contributed by atoms with van der Waals surface area (Å²) < 4.78 is 0. The molecule has 2 N–H and O–H groups in total.